The van der Waals surface area contributed by atoms with Gasteiger partial charge in [-0.15, -0.1) is 11.3 Å². The number of amides is 1. The van der Waals surface area contributed by atoms with Crippen molar-refractivity contribution in [2.75, 3.05) is 5.32 Å². The molecule has 1 aliphatic carbocycles. The zero-order chi connectivity index (χ0) is 17.7. The lowest BCUT2D eigenvalue weighted by Crippen LogP contribution is -2.19. The van der Waals surface area contributed by atoms with Crippen LogP contribution in [0, 0.1) is 20.8 Å². The highest BCUT2D eigenvalue weighted by molar-refractivity contribution is 7.19. The first-order chi connectivity index (χ1) is 12.0. The van der Waals surface area contributed by atoms with Crippen molar-refractivity contribution in [2.24, 2.45) is 0 Å². The van der Waals surface area contributed by atoms with Crippen LogP contribution in [-0.2, 0) is 0 Å². The Labute approximate surface area is 149 Å². The Bertz CT molecular complexity index is 1060. The highest BCUT2D eigenvalue weighted by Crippen LogP contribution is 2.35. The summed E-state index contributed by atoms with van der Waals surface area (Å²) in [7, 11) is 0. The van der Waals surface area contributed by atoms with Crippen LogP contribution in [0.5, 0.6) is 0 Å². The number of hydrogen-bond acceptors (Lipinski definition) is 4. The van der Waals surface area contributed by atoms with Crippen molar-refractivity contribution in [2.45, 2.75) is 39.7 Å². The number of aryl methyl sites for hydroxylation is 2. The fourth-order valence-electron chi connectivity index (χ4n) is 3.04. The zero-order valence-electron chi connectivity index (χ0n) is 14.4. The van der Waals surface area contributed by atoms with Crippen LogP contribution in [-0.4, -0.2) is 15.5 Å². The van der Waals surface area contributed by atoms with Gasteiger partial charge in [-0.2, -0.15) is 0 Å². The van der Waals surface area contributed by atoms with Crippen molar-refractivity contribution < 1.29 is 4.79 Å². The van der Waals surface area contributed by atoms with Crippen LogP contribution < -0.4 is 10.9 Å². The second-order valence-corrected chi connectivity index (χ2v) is 7.83. The molecule has 1 aromatic carbocycles. The minimum atomic E-state index is -0.214. The van der Waals surface area contributed by atoms with Crippen molar-refractivity contribution in [3.05, 3.63) is 56.4 Å². The first-order valence-electron chi connectivity index (χ1n) is 8.35. The average molecular weight is 353 g/mol. The second-order valence-electron chi connectivity index (χ2n) is 6.60. The molecule has 2 heterocycles. The van der Waals surface area contributed by atoms with Gasteiger partial charge >= 0.3 is 0 Å². The molecule has 0 spiro atoms. The summed E-state index contributed by atoms with van der Waals surface area (Å²) in [5.41, 5.74) is 3.92. The number of benzene rings is 1. The number of anilines is 1. The molecule has 0 bridgehead atoms. The van der Waals surface area contributed by atoms with Gasteiger partial charge in [-0.05, 0) is 50.8 Å². The van der Waals surface area contributed by atoms with E-state index in [1.165, 1.54) is 11.3 Å². The van der Waals surface area contributed by atoms with Crippen molar-refractivity contribution >= 4 is 33.1 Å². The standard InChI is InChI=1S/C19H19N3O2S/c1-10-5-4-6-14(11(10)2)21-18(23)15-12(3)25-17-16(15)20-9-22(19(17)24)13-7-8-13/h4-6,9,13H,7-8H2,1-3H3,(H,21,23). The average Bonchev–Trinajstić information content (AvgIpc) is 3.34. The number of rotatable bonds is 3. The minimum absolute atomic E-state index is 0.0358. The monoisotopic (exact) mass is 353 g/mol. The topological polar surface area (TPSA) is 64.0 Å². The maximum Gasteiger partial charge on any atom is 0.271 e. The third-order valence-electron chi connectivity index (χ3n) is 4.82. The lowest BCUT2D eigenvalue weighted by molar-refractivity contribution is 0.102. The molecule has 0 unspecified atom stereocenters. The fraction of sp³-hybridized carbons (Fsp3) is 0.316. The zero-order valence-corrected chi connectivity index (χ0v) is 15.2. The van der Waals surface area contributed by atoms with Crippen LogP contribution in [0.2, 0.25) is 0 Å². The van der Waals surface area contributed by atoms with Crippen molar-refractivity contribution in [1.29, 1.82) is 0 Å². The molecule has 25 heavy (non-hydrogen) atoms. The molecule has 0 atom stereocenters. The van der Waals surface area contributed by atoms with Gasteiger partial charge in [0.15, 0.2) is 0 Å². The SMILES string of the molecule is Cc1cccc(NC(=O)c2c(C)sc3c(=O)n(C4CC4)cnc23)c1C. The maximum absolute atomic E-state index is 12.9. The Hall–Kier alpha value is -2.47. The predicted octanol–water partition coefficient (Wildman–Crippen LogP) is 3.97. The number of hydrogen-bond donors (Lipinski definition) is 1. The van der Waals surface area contributed by atoms with Gasteiger partial charge in [0, 0.05) is 16.6 Å². The summed E-state index contributed by atoms with van der Waals surface area (Å²) in [5, 5.41) is 2.97. The molecular formula is C19H19N3O2S. The third kappa shape index (κ3) is 2.66. The van der Waals surface area contributed by atoms with Crippen molar-refractivity contribution in [1.82, 2.24) is 9.55 Å². The number of carbonyl (C=O) groups is 1. The van der Waals surface area contributed by atoms with Crippen LogP contribution >= 0.6 is 11.3 Å². The Morgan fingerprint density at radius 3 is 2.76 bits per heavy atom. The highest BCUT2D eigenvalue weighted by atomic mass is 32.1. The van der Waals surface area contributed by atoms with Gasteiger partial charge in [0.2, 0.25) is 0 Å². The lowest BCUT2D eigenvalue weighted by atomic mass is 10.1. The number of thiophene rings is 1. The molecule has 2 aromatic heterocycles. The van der Waals surface area contributed by atoms with E-state index < -0.39 is 0 Å². The molecular weight excluding hydrogens is 334 g/mol. The van der Waals surface area contributed by atoms with Gasteiger partial charge in [-0.3, -0.25) is 14.2 Å². The van der Waals surface area contributed by atoms with Gasteiger partial charge in [-0.25, -0.2) is 4.98 Å². The van der Waals surface area contributed by atoms with Crippen LogP contribution in [0.25, 0.3) is 10.2 Å². The molecule has 1 amide bonds. The van der Waals surface area contributed by atoms with E-state index in [2.05, 4.69) is 10.3 Å². The Balaban J connectivity index is 1.77. The first-order valence-corrected chi connectivity index (χ1v) is 9.17. The molecule has 5 nitrogen and oxygen atoms in total. The van der Waals surface area contributed by atoms with E-state index in [9.17, 15) is 9.59 Å². The van der Waals surface area contributed by atoms with E-state index in [0.717, 1.165) is 34.5 Å². The van der Waals surface area contributed by atoms with Crippen LogP contribution in [0.1, 0.15) is 45.2 Å². The molecule has 6 heteroatoms. The number of carbonyl (C=O) groups excluding carboxylic acids is 1. The first kappa shape index (κ1) is 16.0. The molecule has 0 radical (unpaired) electrons. The Morgan fingerprint density at radius 2 is 2.04 bits per heavy atom. The number of fused-ring (bicyclic) bond motifs is 1. The van der Waals surface area contributed by atoms with Gasteiger partial charge in [0.1, 0.15) is 10.2 Å². The number of nitrogens with one attached hydrogen (secondary N) is 1. The van der Waals surface area contributed by atoms with E-state index in [-0.39, 0.29) is 17.5 Å². The van der Waals surface area contributed by atoms with Crippen LogP contribution in [0.15, 0.2) is 29.3 Å². The van der Waals surface area contributed by atoms with E-state index in [0.29, 0.717) is 15.8 Å². The predicted molar refractivity (Wildman–Crippen MR) is 101 cm³/mol. The summed E-state index contributed by atoms with van der Waals surface area (Å²) >= 11 is 1.35. The molecule has 0 aliphatic heterocycles. The fourth-order valence-corrected chi connectivity index (χ4v) is 4.08. The molecule has 1 fully saturated rings. The van der Waals surface area contributed by atoms with Crippen molar-refractivity contribution in [3.8, 4) is 0 Å². The van der Waals surface area contributed by atoms with Gasteiger partial charge in [0.05, 0.1) is 11.9 Å². The maximum atomic E-state index is 12.9. The highest BCUT2D eigenvalue weighted by Gasteiger charge is 2.27. The molecule has 0 saturated heterocycles. The summed E-state index contributed by atoms with van der Waals surface area (Å²) in [5.74, 6) is -0.214. The minimum Gasteiger partial charge on any atom is -0.322 e. The Kier molecular flexibility index (Phi) is 3.72. The molecule has 128 valence electrons. The van der Waals surface area contributed by atoms with E-state index in [4.69, 9.17) is 0 Å². The van der Waals surface area contributed by atoms with Gasteiger partial charge < -0.3 is 5.32 Å². The quantitative estimate of drug-likeness (QED) is 0.775. The molecule has 1 aliphatic rings. The normalized spacial score (nSPS) is 14.0. The summed E-state index contributed by atoms with van der Waals surface area (Å²) in [6, 6.07) is 6.10. The molecule has 4 rings (SSSR count). The summed E-state index contributed by atoms with van der Waals surface area (Å²) in [6.07, 6.45) is 3.64. The van der Waals surface area contributed by atoms with Gasteiger partial charge in [0.25, 0.3) is 11.5 Å². The number of aromatic nitrogens is 2. The summed E-state index contributed by atoms with van der Waals surface area (Å²) in [6.45, 7) is 5.86. The largest absolute Gasteiger partial charge is 0.322 e. The molecule has 1 saturated carbocycles. The van der Waals surface area contributed by atoms with Gasteiger partial charge in [-0.1, -0.05) is 12.1 Å². The van der Waals surface area contributed by atoms with Crippen LogP contribution in [0.3, 0.4) is 0 Å². The molecule has 3 aromatic rings. The second kappa shape index (κ2) is 5.81. The number of nitrogens with zero attached hydrogens (tertiary/aromatic N) is 2. The molecule has 1 N–H and O–H groups in total. The van der Waals surface area contributed by atoms with Crippen LogP contribution in [0.4, 0.5) is 5.69 Å². The van der Waals surface area contributed by atoms with E-state index in [1.54, 1.807) is 10.9 Å². The van der Waals surface area contributed by atoms with E-state index in [1.807, 2.05) is 39.0 Å². The Morgan fingerprint density at radius 1 is 1.28 bits per heavy atom. The summed E-state index contributed by atoms with van der Waals surface area (Å²) < 4.78 is 2.27. The lowest BCUT2D eigenvalue weighted by Gasteiger charge is -2.10. The third-order valence-corrected chi connectivity index (χ3v) is 5.90. The van der Waals surface area contributed by atoms with Crippen molar-refractivity contribution in [3.63, 3.8) is 0 Å². The summed E-state index contributed by atoms with van der Waals surface area (Å²) in [4.78, 5) is 30.8. The van der Waals surface area contributed by atoms with E-state index >= 15 is 0 Å². The smallest absolute Gasteiger partial charge is 0.271 e.